The Kier molecular flexibility index (Phi) is 8.32. The first kappa shape index (κ1) is 25.4. The first-order valence-corrected chi connectivity index (χ1v) is 12.7. The van der Waals surface area contributed by atoms with Crippen molar-refractivity contribution >= 4 is 5.82 Å². The van der Waals surface area contributed by atoms with Gasteiger partial charge in [-0.1, -0.05) is 81.4 Å². The normalized spacial score (nSPS) is 11.4. The summed E-state index contributed by atoms with van der Waals surface area (Å²) < 4.78 is 14.1. The van der Waals surface area contributed by atoms with Gasteiger partial charge in [0.25, 0.3) is 0 Å². The predicted octanol–water partition coefficient (Wildman–Crippen LogP) is 6.78. The molecule has 0 atom stereocenters. The third-order valence-electron chi connectivity index (χ3n) is 6.10. The molecular formula is C31H37N3O2. The molecule has 0 aliphatic rings. The van der Waals surface area contributed by atoms with Crippen molar-refractivity contribution in [3.63, 3.8) is 0 Å². The van der Waals surface area contributed by atoms with Gasteiger partial charge in [-0.3, -0.25) is 0 Å². The summed E-state index contributed by atoms with van der Waals surface area (Å²) in [5.74, 6) is 2.10. The second-order valence-corrected chi connectivity index (χ2v) is 10.1. The van der Waals surface area contributed by atoms with Crippen molar-refractivity contribution in [1.82, 2.24) is 9.78 Å². The van der Waals surface area contributed by atoms with Crippen molar-refractivity contribution in [2.24, 2.45) is 0 Å². The summed E-state index contributed by atoms with van der Waals surface area (Å²) in [7, 11) is 0. The Hall–Kier alpha value is -3.73. The molecule has 3 aromatic carbocycles. The molecule has 0 radical (unpaired) electrons. The number of hydrogen-bond acceptors (Lipinski definition) is 4. The van der Waals surface area contributed by atoms with E-state index in [4.69, 9.17) is 20.3 Å². The van der Waals surface area contributed by atoms with Crippen molar-refractivity contribution in [3.8, 4) is 17.2 Å². The Morgan fingerprint density at radius 2 is 1.33 bits per heavy atom. The molecule has 0 amide bonds. The smallest absolute Gasteiger partial charge is 0.145 e. The van der Waals surface area contributed by atoms with Crippen LogP contribution in [0.3, 0.4) is 0 Å². The largest absolute Gasteiger partial charge is 0.494 e. The lowest BCUT2D eigenvalue weighted by molar-refractivity contribution is 0.301. The quantitative estimate of drug-likeness (QED) is 0.239. The lowest BCUT2D eigenvalue weighted by Gasteiger charge is -2.16. The summed E-state index contributed by atoms with van der Waals surface area (Å²) in [5, 5.41) is 4.82. The van der Waals surface area contributed by atoms with Crippen molar-refractivity contribution in [1.29, 1.82) is 0 Å². The van der Waals surface area contributed by atoms with Crippen LogP contribution >= 0.6 is 0 Å². The van der Waals surface area contributed by atoms with E-state index in [0.717, 1.165) is 48.6 Å². The lowest BCUT2D eigenvalue weighted by atomic mass is 9.92. The fourth-order valence-corrected chi connectivity index (χ4v) is 4.04. The zero-order valence-corrected chi connectivity index (χ0v) is 21.6. The summed E-state index contributed by atoms with van der Waals surface area (Å²) in [6, 6.07) is 28.8. The maximum Gasteiger partial charge on any atom is 0.145 e. The summed E-state index contributed by atoms with van der Waals surface area (Å²) in [4.78, 5) is 0. The number of aromatic nitrogens is 2. The zero-order chi connectivity index (χ0) is 25.4. The summed E-state index contributed by atoms with van der Waals surface area (Å²) >= 11 is 0. The Bertz CT molecular complexity index is 1230. The molecule has 1 aromatic heterocycles. The molecule has 0 aliphatic heterocycles. The Balaban J connectivity index is 1.47. The minimum Gasteiger partial charge on any atom is -0.494 e. The molecule has 36 heavy (non-hydrogen) atoms. The number of aryl methyl sites for hydroxylation is 2. The number of anilines is 1. The van der Waals surface area contributed by atoms with Crippen LogP contribution in [0.5, 0.6) is 11.5 Å². The first-order valence-electron chi connectivity index (χ1n) is 12.7. The number of rotatable bonds is 11. The van der Waals surface area contributed by atoms with Gasteiger partial charge in [-0.15, -0.1) is 0 Å². The van der Waals surface area contributed by atoms with Crippen molar-refractivity contribution in [2.75, 3.05) is 18.9 Å². The van der Waals surface area contributed by atoms with Gasteiger partial charge in [0, 0.05) is 17.5 Å². The van der Waals surface area contributed by atoms with E-state index < -0.39 is 0 Å². The molecule has 0 saturated heterocycles. The van der Waals surface area contributed by atoms with E-state index in [2.05, 4.69) is 69.3 Å². The van der Waals surface area contributed by atoms with Gasteiger partial charge in [-0.25, -0.2) is 4.68 Å². The molecule has 0 bridgehead atoms. The highest BCUT2D eigenvalue weighted by Gasteiger charge is 2.21. The van der Waals surface area contributed by atoms with Gasteiger partial charge in [-0.05, 0) is 48.9 Å². The maximum atomic E-state index is 6.41. The zero-order valence-electron chi connectivity index (χ0n) is 21.6. The van der Waals surface area contributed by atoms with E-state index in [1.807, 2.05) is 36.4 Å². The van der Waals surface area contributed by atoms with E-state index in [-0.39, 0.29) is 5.41 Å². The Labute approximate surface area is 214 Å². The molecule has 4 rings (SSSR count). The summed E-state index contributed by atoms with van der Waals surface area (Å²) in [5.41, 5.74) is 10.7. The molecule has 2 N–H and O–H groups in total. The van der Waals surface area contributed by atoms with Gasteiger partial charge in [0.15, 0.2) is 0 Å². The average Bonchev–Trinajstić information content (AvgIpc) is 3.28. The summed E-state index contributed by atoms with van der Waals surface area (Å²) in [6.45, 7) is 7.63. The molecule has 0 fully saturated rings. The van der Waals surface area contributed by atoms with Crippen LogP contribution < -0.4 is 15.2 Å². The SMILES string of the molecule is CC(C)(C)c1cc(N)n(-c2cc(OCCCc3ccccc3)ccc2OCCCc2ccccc2)n1. The van der Waals surface area contributed by atoms with Gasteiger partial charge in [0.1, 0.15) is 23.0 Å². The van der Waals surface area contributed by atoms with Crippen LogP contribution in [0.15, 0.2) is 84.9 Å². The lowest BCUT2D eigenvalue weighted by Crippen LogP contribution is -2.13. The van der Waals surface area contributed by atoms with E-state index in [1.54, 1.807) is 4.68 Å². The van der Waals surface area contributed by atoms with Crippen LogP contribution in [0.25, 0.3) is 5.69 Å². The average molecular weight is 484 g/mol. The van der Waals surface area contributed by atoms with Crippen molar-refractivity contribution in [3.05, 3.63) is 102 Å². The van der Waals surface area contributed by atoms with Crippen LogP contribution in [0.2, 0.25) is 0 Å². The van der Waals surface area contributed by atoms with Crippen LogP contribution in [0, 0.1) is 0 Å². The monoisotopic (exact) mass is 483 g/mol. The Morgan fingerprint density at radius 3 is 1.89 bits per heavy atom. The predicted molar refractivity (Wildman–Crippen MR) is 147 cm³/mol. The van der Waals surface area contributed by atoms with Crippen molar-refractivity contribution in [2.45, 2.75) is 51.9 Å². The molecule has 5 nitrogen and oxygen atoms in total. The minimum atomic E-state index is -0.110. The first-order chi connectivity index (χ1) is 17.4. The number of ether oxygens (including phenoxy) is 2. The molecule has 0 unspecified atom stereocenters. The minimum absolute atomic E-state index is 0.110. The van der Waals surface area contributed by atoms with Crippen molar-refractivity contribution < 1.29 is 9.47 Å². The highest BCUT2D eigenvalue weighted by Crippen LogP contribution is 2.32. The fourth-order valence-electron chi connectivity index (χ4n) is 4.04. The Morgan fingerprint density at radius 1 is 0.750 bits per heavy atom. The second-order valence-electron chi connectivity index (χ2n) is 10.1. The van der Waals surface area contributed by atoms with E-state index in [0.29, 0.717) is 19.0 Å². The fraction of sp³-hybridized carbons (Fsp3) is 0.323. The second kappa shape index (κ2) is 11.8. The third kappa shape index (κ3) is 6.91. The van der Waals surface area contributed by atoms with E-state index in [1.165, 1.54) is 11.1 Å². The highest BCUT2D eigenvalue weighted by atomic mass is 16.5. The molecule has 0 aliphatic carbocycles. The van der Waals surface area contributed by atoms with Gasteiger partial charge in [-0.2, -0.15) is 5.10 Å². The van der Waals surface area contributed by atoms with E-state index in [9.17, 15) is 0 Å². The van der Waals surface area contributed by atoms with Crippen LogP contribution in [0.1, 0.15) is 50.4 Å². The number of nitrogen functional groups attached to an aromatic ring is 1. The highest BCUT2D eigenvalue weighted by molar-refractivity contribution is 5.55. The number of hydrogen-bond donors (Lipinski definition) is 1. The molecule has 0 saturated carbocycles. The maximum absolute atomic E-state index is 6.41. The standard InChI is InChI=1S/C31H37N3O2/c1-31(2,3)29-23-30(32)34(33-29)27-22-26(35-20-10-16-24-12-6-4-7-13-24)18-19-28(27)36-21-11-17-25-14-8-5-9-15-25/h4-9,12-15,18-19,22-23H,10-11,16-17,20-21,32H2,1-3H3. The third-order valence-corrected chi connectivity index (χ3v) is 6.10. The topological polar surface area (TPSA) is 62.3 Å². The number of nitrogens with two attached hydrogens (primary N) is 1. The van der Waals surface area contributed by atoms with Crippen LogP contribution in [-0.4, -0.2) is 23.0 Å². The molecule has 0 spiro atoms. The molecule has 188 valence electrons. The van der Waals surface area contributed by atoms with Gasteiger partial charge in [0.2, 0.25) is 0 Å². The molecule has 5 heteroatoms. The molecule has 4 aromatic rings. The van der Waals surface area contributed by atoms with Gasteiger partial charge in [0.05, 0.1) is 18.9 Å². The van der Waals surface area contributed by atoms with Gasteiger partial charge >= 0.3 is 0 Å². The number of benzene rings is 3. The van der Waals surface area contributed by atoms with Gasteiger partial charge < -0.3 is 15.2 Å². The van der Waals surface area contributed by atoms with E-state index >= 15 is 0 Å². The van der Waals surface area contributed by atoms with Crippen LogP contribution in [0.4, 0.5) is 5.82 Å². The number of nitrogens with zero attached hydrogens (tertiary/aromatic N) is 2. The molecule has 1 heterocycles. The summed E-state index contributed by atoms with van der Waals surface area (Å²) in [6.07, 6.45) is 3.81. The van der Waals surface area contributed by atoms with Crippen LogP contribution in [-0.2, 0) is 18.3 Å². The molecular weight excluding hydrogens is 446 g/mol.